The van der Waals surface area contributed by atoms with E-state index in [0.717, 1.165) is 46.7 Å². The summed E-state index contributed by atoms with van der Waals surface area (Å²) in [5, 5.41) is 29.6. The average Bonchev–Trinajstić information content (AvgIpc) is 0.869. The standard InChI is InChI=1S/C26H18Br2O2.C26H16Br2.C14H8O2.C6H4Br.C4H8O.Li/c27-19-9-5-7-17(15-19)25(29)21-11-1-2-12-22(21)26(30,18-8-6-10-20(28)16-18)24-14-4-3-13-23(24)25;27-19-9-5-7-17(15-19)25-21-11-1-2-12-22(21)26(18-8-6-10-20(28)16-18)24-14-4-3-13-23(24)25;15-13-9-5-1-2-6-10(9)14(16)12-8-4-3-7-11(12)13;7-6-4-2-1-3-5-6;1-2-4-5-3-1;/h1-16,29-30H;1-16H;1-8H;1-2,4-5H;1-4H2;/q;;;-1;;+1. The van der Waals surface area contributed by atoms with E-state index in [4.69, 9.17) is 4.74 Å². The van der Waals surface area contributed by atoms with E-state index < -0.39 is 11.2 Å². The molecule has 0 aromatic heterocycles. The molecule has 3 aliphatic rings. The fourth-order valence-corrected chi connectivity index (χ4v) is 13.4. The number of carbonyl (C=O) groups excluding carboxylic acids is 2. The predicted octanol–water partition coefficient (Wildman–Crippen LogP) is 17.5. The first-order chi connectivity index (χ1) is 41.9. The molecule has 2 aliphatic carbocycles. The fraction of sp³-hybridized carbons (Fsp3) is 0.0789. The Morgan fingerprint density at radius 1 is 0.356 bits per heavy atom. The van der Waals surface area contributed by atoms with Gasteiger partial charge in [0.05, 0.1) is 0 Å². The Morgan fingerprint density at radius 3 is 0.943 bits per heavy atom. The van der Waals surface area contributed by atoms with Gasteiger partial charge in [0.2, 0.25) is 0 Å². The largest absolute Gasteiger partial charge is 1.00 e. The fourth-order valence-electron chi connectivity index (χ4n) is 11.5. The second kappa shape index (κ2) is 28.7. The molecule has 1 fully saturated rings. The third-order valence-corrected chi connectivity index (χ3v) is 17.9. The summed E-state index contributed by atoms with van der Waals surface area (Å²) in [5.41, 5.74) is 8.42. The zero-order valence-corrected chi connectivity index (χ0v) is 55.2. The van der Waals surface area contributed by atoms with Crippen LogP contribution in [0.4, 0.5) is 0 Å². The molecule has 0 bridgehead atoms. The molecule has 0 radical (unpaired) electrons. The van der Waals surface area contributed by atoms with E-state index >= 15 is 0 Å². The number of ketones is 2. The molecule has 0 unspecified atom stereocenters. The van der Waals surface area contributed by atoms with Crippen molar-refractivity contribution < 1.29 is 43.4 Å². The van der Waals surface area contributed by atoms with Crippen LogP contribution in [0.3, 0.4) is 0 Å². The van der Waals surface area contributed by atoms with E-state index in [-0.39, 0.29) is 30.4 Å². The van der Waals surface area contributed by atoms with Gasteiger partial charge in [0.1, 0.15) is 11.2 Å². The summed E-state index contributed by atoms with van der Waals surface area (Å²) in [5.74, 6) is -0.128. The Labute approximate surface area is 561 Å². The monoisotopic (exact) mass is 1450 g/mol. The van der Waals surface area contributed by atoms with Gasteiger partial charge >= 0.3 is 18.9 Å². The smallest absolute Gasteiger partial charge is 0.381 e. The van der Waals surface area contributed by atoms with Crippen LogP contribution >= 0.6 is 79.6 Å². The molecule has 0 spiro atoms. The summed E-state index contributed by atoms with van der Waals surface area (Å²) in [6, 6.07) is 89.6. The number of aliphatic hydroxyl groups is 2. The van der Waals surface area contributed by atoms with Gasteiger partial charge in [-0.25, -0.2) is 0 Å². The second-order valence-electron chi connectivity index (χ2n) is 20.7. The van der Waals surface area contributed by atoms with Crippen LogP contribution in [-0.2, 0) is 15.9 Å². The van der Waals surface area contributed by atoms with Crippen molar-refractivity contribution in [2.45, 2.75) is 24.0 Å². The third kappa shape index (κ3) is 13.4. The topological polar surface area (TPSA) is 83.8 Å². The Kier molecular flexibility index (Phi) is 20.9. The second-order valence-corrected chi connectivity index (χ2v) is 25.3. The first-order valence-corrected chi connectivity index (χ1v) is 31.9. The molecule has 12 aromatic carbocycles. The number of carbonyl (C=O) groups is 2. The molecule has 15 rings (SSSR count). The van der Waals surface area contributed by atoms with Crippen molar-refractivity contribution in [2.24, 2.45) is 0 Å². The normalized spacial score (nSPS) is 15.8. The van der Waals surface area contributed by atoms with Crippen LogP contribution in [0.15, 0.2) is 289 Å². The van der Waals surface area contributed by atoms with E-state index in [1.807, 2.05) is 121 Å². The first-order valence-electron chi connectivity index (χ1n) is 27.9. The zero-order chi connectivity index (χ0) is 59.8. The van der Waals surface area contributed by atoms with Crippen LogP contribution in [0.25, 0.3) is 43.8 Å². The molecule has 424 valence electrons. The van der Waals surface area contributed by atoms with Gasteiger partial charge in [0, 0.05) is 53.4 Å². The number of hydrogen-bond acceptors (Lipinski definition) is 5. The summed E-state index contributed by atoms with van der Waals surface area (Å²) in [7, 11) is 0. The van der Waals surface area contributed by atoms with Crippen molar-refractivity contribution in [2.75, 3.05) is 13.2 Å². The quantitative estimate of drug-likeness (QED) is 0.104. The van der Waals surface area contributed by atoms with Gasteiger partial charge in [-0.15, -0.1) is 15.9 Å². The zero-order valence-electron chi connectivity index (χ0n) is 47.2. The predicted molar refractivity (Wildman–Crippen MR) is 366 cm³/mol. The molecule has 0 saturated carbocycles. The molecular weight excluding hydrogens is 1400 g/mol. The molecule has 1 aliphatic heterocycles. The van der Waals surface area contributed by atoms with E-state index in [1.165, 1.54) is 56.6 Å². The van der Waals surface area contributed by atoms with Crippen LogP contribution in [0.5, 0.6) is 0 Å². The Bertz CT molecular complexity index is 4030. The Balaban J connectivity index is 0.000000134. The molecule has 11 heteroatoms. The van der Waals surface area contributed by atoms with Crippen LogP contribution in [0, 0.1) is 6.07 Å². The van der Waals surface area contributed by atoms with Gasteiger partial charge < -0.3 is 14.9 Å². The van der Waals surface area contributed by atoms with Crippen molar-refractivity contribution in [1.82, 2.24) is 0 Å². The maximum atomic E-state index is 12.3. The van der Waals surface area contributed by atoms with Gasteiger partial charge in [0.15, 0.2) is 11.6 Å². The molecular formula is C76H54Br5LiO5. The average molecular weight is 1450 g/mol. The minimum absolute atomic E-state index is 0. The molecule has 12 aromatic rings. The van der Waals surface area contributed by atoms with E-state index in [9.17, 15) is 19.8 Å². The van der Waals surface area contributed by atoms with Crippen LogP contribution in [0.1, 0.15) is 78.1 Å². The van der Waals surface area contributed by atoms with Gasteiger partial charge in [-0.2, -0.15) is 30.3 Å². The molecule has 5 nitrogen and oxygen atoms in total. The molecule has 87 heavy (non-hydrogen) atoms. The number of hydrogen-bond donors (Lipinski definition) is 2. The summed E-state index contributed by atoms with van der Waals surface area (Å²) in [4.78, 5) is 24.2. The van der Waals surface area contributed by atoms with Crippen molar-refractivity contribution in [3.8, 4) is 22.3 Å². The van der Waals surface area contributed by atoms with Crippen molar-refractivity contribution in [3.05, 3.63) is 351 Å². The van der Waals surface area contributed by atoms with Crippen LogP contribution in [-0.4, -0.2) is 35.0 Å². The third-order valence-electron chi connectivity index (χ3n) is 15.4. The summed E-state index contributed by atoms with van der Waals surface area (Å²) >= 11 is 17.6. The summed E-state index contributed by atoms with van der Waals surface area (Å²) in [6.07, 6.45) is 2.56. The number of benzene rings is 12. The van der Waals surface area contributed by atoms with Gasteiger partial charge in [-0.05, 0) is 139 Å². The first kappa shape index (κ1) is 63.4. The molecule has 1 heterocycles. The van der Waals surface area contributed by atoms with E-state index in [2.05, 4.69) is 183 Å². The number of fused-ring (bicyclic) bond motifs is 6. The number of rotatable bonds is 4. The van der Waals surface area contributed by atoms with Crippen LogP contribution < -0.4 is 18.9 Å². The number of ether oxygens (including phenoxy) is 1. The van der Waals surface area contributed by atoms with Crippen molar-refractivity contribution in [1.29, 1.82) is 0 Å². The maximum Gasteiger partial charge on any atom is 1.00 e. The maximum absolute atomic E-state index is 12.3. The molecule has 0 atom stereocenters. The SMILES string of the molecule is Brc1c[c-]ccc1.Brc1cccc(-c2c3ccccc3c(-c3cccc(Br)c3)c3ccccc23)c1.C1CCOC1.O=C1c2ccccc2C(=O)c2ccccc21.OC1(c2cccc(Br)c2)c2ccccc2C(O)(c2cccc(Br)c2)c2ccccc21.[Li+]. The Morgan fingerprint density at radius 2 is 0.667 bits per heavy atom. The van der Waals surface area contributed by atoms with E-state index in [1.54, 1.807) is 48.5 Å². The number of halogens is 5. The van der Waals surface area contributed by atoms with E-state index in [0.29, 0.717) is 44.5 Å². The minimum Gasteiger partial charge on any atom is -0.381 e. The Hall–Kier alpha value is -6.62. The molecule has 1 saturated heterocycles. The van der Waals surface area contributed by atoms with Crippen molar-refractivity contribution in [3.63, 3.8) is 0 Å². The molecule has 0 amide bonds. The summed E-state index contributed by atoms with van der Waals surface area (Å²) < 4.78 is 9.98. The van der Waals surface area contributed by atoms with Crippen molar-refractivity contribution >= 4 is 113 Å². The minimum atomic E-state index is -1.39. The van der Waals surface area contributed by atoms with Crippen LogP contribution in [0.2, 0.25) is 0 Å². The van der Waals surface area contributed by atoms with Gasteiger partial charge in [-0.3, -0.25) is 9.59 Å². The van der Waals surface area contributed by atoms with Gasteiger partial charge in [0.25, 0.3) is 0 Å². The summed E-state index contributed by atoms with van der Waals surface area (Å²) in [6.45, 7) is 2.00. The molecule has 2 N–H and O–H groups in total. The van der Waals surface area contributed by atoms with Gasteiger partial charge in [-0.1, -0.05) is 262 Å².